The van der Waals surface area contributed by atoms with E-state index in [1.807, 2.05) is 37.3 Å². The van der Waals surface area contributed by atoms with Gasteiger partial charge in [0.2, 0.25) is 0 Å². The van der Waals surface area contributed by atoms with Crippen LogP contribution in [0.2, 0.25) is 5.15 Å². The molecule has 16 heavy (non-hydrogen) atoms. The molecule has 0 unspecified atom stereocenters. The zero-order valence-electron chi connectivity index (χ0n) is 8.97. The molecule has 2 aromatic rings. The Morgan fingerprint density at radius 3 is 2.62 bits per heavy atom. The van der Waals surface area contributed by atoms with Crippen LogP contribution in [-0.2, 0) is 6.54 Å². The number of halogens is 1. The van der Waals surface area contributed by atoms with Crippen LogP contribution in [-0.4, -0.2) is 14.9 Å². The van der Waals surface area contributed by atoms with E-state index in [0.29, 0.717) is 11.7 Å². The first kappa shape index (κ1) is 11.2. The SMILES string of the molecule is Cc1cc(Cl)n(C[C@H](O)c2ccccc2)n1. The lowest BCUT2D eigenvalue weighted by molar-refractivity contribution is 0.151. The number of rotatable bonds is 3. The van der Waals surface area contributed by atoms with Gasteiger partial charge < -0.3 is 5.11 Å². The number of benzene rings is 1. The predicted molar refractivity (Wildman–Crippen MR) is 63.4 cm³/mol. The van der Waals surface area contributed by atoms with Gasteiger partial charge in [-0.1, -0.05) is 41.9 Å². The Morgan fingerprint density at radius 2 is 2.06 bits per heavy atom. The molecule has 0 aliphatic heterocycles. The Morgan fingerprint density at radius 1 is 1.38 bits per heavy atom. The number of hydrogen-bond acceptors (Lipinski definition) is 2. The average molecular weight is 237 g/mol. The molecule has 1 atom stereocenters. The Bertz CT molecular complexity index is 467. The van der Waals surface area contributed by atoms with Gasteiger partial charge in [0.05, 0.1) is 18.3 Å². The minimum absolute atomic E-state index is 0.372. The van der Waals surface area contributed by atoms with Crippen LogP contribution >= 0.6 is 11.6 Å². The van der Waals surface area contributed by atoms with Gasteiger partial charge in [-0.25, -0.2) is 0 Å². The maximum absolute atomic E-state index is 9.99. The Balaban J connectivity index is 2.14. The van der Waals surface area contributed by atoms with Crippen LogP contribution in [0.3, 0.4) is 0 Å². The summed E-state index contributed by atoms with van der Waals surface area (Å²) in [5.41, 5.74) is 1.72. The highest BCUT2D eigenvalue weighted by Crippen LogP contribution is 2.17. The fourth-order valence-electron chi connectivity index (χ4n) is 1.59. The summed E-state index contributed by atoms with van der Waals surface area (Å²) >= 11 is 5.97. The molecule has 3 nitrogen and oxygen atoms in total. The van der Waals surface area contributed by atoms with Crippen LogP contribution in [0.5, 0.6) is 0 Å². The quantitative estimate of drug-likeness (QED) is 0.890. The van der Waals surface area contributed by atoms with Gasteiger partial charge in [0.25, 0.3) is 0 Å². The number of aliphatic hydroxyl groups excluding tert-OH is 1. The van der Waals surface area contributed by atoms with Crippen molar-refractivity contribution in [3.63, 3.8) is 0 Å². The van der Waals surface area contributed by atoms with Crippen LogP contribution in [0, 0.1) is 6.92 Å². The molecule has 0 aliphatic rings. The standard InChI is InChI=1S/C12H13ClN2O/c1-9-7-12(13)15(14-9)8-11(16)10-5-3-2-4-6-10/h2-7,11,16H,8H2,1H3/t11-/m0/s1. The summed E-state index contributed by atoms with van der Waals surface area (Å²) in [6, 6.07) is 11.3. The predicted octanol–water partition coefficient (Wildman–Crippen LogP) is 2.58. The van der Waals surface area contributed by atoms with Gasteiger partial charge in [-0.2, -0.15) is 5.10 Å². The second kappa shape index (κ2) is 4.68. The van der Waals surface area contributed by atoms with Crippen molar-refractivity contribution in [2.24, 2.45) is 0 Å². The van der Waals surface area contributed by atoms with Crippen molar-refractivity contribution in [1.82, 2.24) is 9.78 Å². The van der Waals surface area contributed by atoms with Gasteiger partial charge in [0.15, 0.2) is 0 Å². The number of nitrogens with zero attached hydrogens (tertiary/aromatic N) is 2. The van der Waals surface area contributed by atoms with Crippen LogP contribution in [0.25, 0.3) is 0 Å². The molecule has 0 bridgehead atoms. The number of aryl methyl sites for hydroxylation is 1. The fraction of sp³-hybridized carbons (Fsp3) is 0.250. The minimum atomic E-state index is -0.585. The van der Waals surface area contributed by atoms with Crippen molar-refractivity contribution in [3.8, 4) is 0 Å². The maximum Gasteiger partial charge on any atom is 0.127 e. The third kappa shape index (κ3) is 2.43. The van der Waals surface area contributed by atoms with Crippen LogP contribution in [0.4, 0.5) is 0 Å². The lowest BCUT2D eigenvalue weighted by Gasteiger charge is -2.11. The maximum atomic E-state index is 9.99. The summed E-state index contributed by atoms with van der Waals surface area (Å²) < 4.78 is 1.61. The van der Waals surface area contributed by atoms with E-state index in [1.165, 1.54) is 0 Å². The molecule has 1 aromatic heterocycles. The summed E-state index contributed by atoms with van der Waals surface area (Å²) in [7, 11) is 0. The molecule has 1 heterocycles. The van der Waals surface area contributed by atoms with Crippen molar-refractivity contribution >= 4 is 11.6 Å². The van der Waals surface area contributed by atoms with E-state index >= 15 is 0 Å². The highest BCUT2D eigenvalue weighted by atomic mass is 35.5. The molecule has 4 heteroatoms. The van der Waals surface area contributed by atoms with Crippen LogP contribution in [0.1, 0.15) is 17.4 Å². The molecule has 84 valence electrons. The van der Waals surface area contributed by atoms with Gasteiger partial charge >= 0.3 is 0 Å². The van der Waals surface area contributed by atoms with Crippen molar-refractivity contribution in [1.29, 1.82) is 0 Å². The zero-order chi connectivity index (χ0) is 11.5. The number of hydrogen-bond donors (Lipinski definition) is 1. The molecule has 0 aliphatic carbocycles. The summed E-state index contributed by atoms with van der Waals surface area (Å²) in [4.78, 5) is 0. The Kier molecular flexibility index (Phi) is 3.27. The van der Waals surface area contributed by atoms with E-state index in [1.54, 1.807) is 10.7 Å². The Labute approximate surface area is 99.3 Å². The topological polar surface area (TPSA) is 38.0 Å². The van der Waals surface area contributed by atoms with Gasteiger partial charge in [-0.3, -0.25) is 4.68 Å². The molecule has 0 spiro atoms. The van der Waals surface area contributed by atoms with Crippen molar-refractivity contribution in [2.45, 2.75) is 19.6 Å². The summed E-state index contributed by atoms with van der Waals surface area (Å²) in [5, 5.41) is 14.7. The smallest absolute Gasteiger partial charge is 0.127 e. The summed E-state index contributed by atoms with van der Waals surface area (Å²) in [5.74, 6) is 0. The third-order valence-corrected chi connectivity index (χ3v) is 2.69. The molecule has 0 saturated carbocycles. The van der Waals surface area contributed by atoms with Gasteiger partial charge in [0, 0.05) is 0 Å². The van der Waals surface area contributed by atoms with E-state index in [2.05, 4.69) is 5.10 Å². The fourth-order valence-corrected chi connectivity index (χ4v) is 1.85. The molecule has 1 aromatic carbocycles. The molecule has 0 radical (unpaired) electrons. The molecule has 0 fully saturated rings. The molecule has 2 rings (SSSR count). The molecular weight excluding hydrogens is 224 g/mol. The van der Waals surface area contributed by atoms with Crippen molar-refractivity contribution in [3.05, 3.63) is 52.8 Å². The molecule has 1 N–H and O–H groups in total. The monoisotopic (exact) mass is 236 g/mol. The highest BCUT2D eigenvalue weighted by Gasteiger charge is 2.10. The average Bonchev–Trinajstić information content (AvgIpc) is 2.59. The summed E-state index contributed by atoms with van der Waals surface area (Å²) in [6.45, 7) is 2.24. The number of aliphatic hydroxyl groups is 1. The second-order valence-electron chi connectivity index (χ2n) is 3.72. The van der Waals surface area contributed by atoms with E-state index in [-0.39, 0.29) is 0 Å². The van der Waals surface area contributed by atoms with E-state index in [9.17, 15) is 5.11 Å². The van der Waals surface area contributed by atoms with Gasteiger partial charge in [-0.15, -0.1) is 0 Å². The van der Waals surface area contributed by atoms with Gasteiger partial charge in [-0.05, 0) is 18.6 Å². The third-order valence-electron chi connectivity index (χ3n) is 2.38. The summed E-state index contributed by atoms with van der Waals surface area (Å²) in [6.07, 6.45) is -0.585. The first-order valence-electron chi connectivity index (χ1n) is 5.10. The van der Waals surface area contributed by atoms with Gasteiger partial charge in [0.1, 0.15) is 5.15 Å². The molecule has 0 saturated heterocycles. The highest BCUT2D eigenvalue weighted by molar-refractivity contribution is 6.29. The lowest BCUT2D eigenvalue weighted by Crippen LogP contribution is -2.10. The zero-order valence-corrected chi connectivity index (χ0v) is 9.72. The van der Waals surface area contributed by atoms with E-state index < -0.39 is 6.10 Å². The largest absolute Gasteiger partial charge is 0.386 e. The number of aromatic nitrogens is 2. The Hall–Kier alpha value is -1.32. The first-order valence-corrected chi connectivity index (χ1v) is 5.47. The lowest BCUT2D eigenvalue weighted by atomic mass is 10.1. The first-order chi connectivity index (χ1) is 7.66. The van der Waals surface area contributed by atoms with Crippen LogP contribution in [0.15, 0.2) is 36.4 Å². The van der Waals surface area contributed by atoms with Crippen LogP contribution < -0.4 is 0 Å². The van der Waals surface area contributed by atoms with Crippen molar-refractivity contribution in [2.75, 3.05) is 0 Å². The molecule has 0 amide bonds. The normalized spacial score (nSPS) is 12.7. The van der Waals surface area contributed by atoms with E-state index in [4.69, 9.17) is 11.6 Å². The second-order valence-corrected chi connectivity index (χ2v) is 4.10. The molecular formula is C12H13ClN2O. The van der Waals surface area contributed by atoms with E-state index in [0.717, 1.165) is 11.3 Å². The minimum Gasteiger partial charge on any atom is -0.386 e. The van der Waals surface area contributed by atoms with Crippen molar-refractivity contribution < 1.29 is 5.11 Å².